The Bertz CT molecular complexity index is 413. The van der Waals surface area contributed by atoms with Gasteiger partial charge in [-0.25, -0.2) is 4.39 Å². The third-order valence-corrected chi connectivity index (χ3v) is 4.78. The first-order valence-electron chi connectivity index (χ1n) is 6.98. The van der Waals surface area contributed by atoms with Crippen LogP contribution in [0.15, 0.2) is 22.7 Å². The second kappa shape index (κ2) is 7.50. The van der Waals surface area contributed by atoms with E-state index in [4.69, 9.17) is 5.84 Å². The molecule has 0 bridgehead atoms. The van der Waals surface area contributed by atoms with Crippen molar-refractivity contribution in [3.05, 3.63) is 34.1 Å². The van der Waals surface area contributed by atoms with E-state index in [1.54, 1.807) is 6.07 Å². The Kier molecular flexibility index (Phi) is 6.58. The van der Waals surface area contributed by atoms with Crippen LogP contribution in [0.2, 0.25) is 0 Å². The van der Waals surface area contributed by atoms with Gasteiger partial charge in [-0.05, 0) is 57.1 Å². The van der Waals surface area contributed by atoms with Gasteiger partial charge < -0.3 is 4.90 Å². The molecule has 0 aliphatic rings. The zero-order valence-corrected chi connectivity index (χ0v) is 14.3. The Labute approximate surface area is 129 Å². The lowest BCUT2D eigenvalue weighted by Gasteiger charge is -2.45. The second-order valence-electron chi connectivity index (χ2n) is 5.41. The highest BCUT2D eigenvalue weighted by Crippen LogP contribution is 2.28. The van der Waals surface area contributed by atoms with Crippen LogP contribution >= 0.6 is 15.9 Å². The van der Waals surface area contributed by atoms with Gasteiger partial charge in [-0.2, -0.15) is 0 Å². The number of hydrogen-bond donors (Lipinski definition) is 2. The third kappa shape index (κ3) is 3.79. The monoisotopic (exact) mass is 345 g/mol. The van der Waals surface area contributed by atoms with E-state index < -0.39 is 0 Å². The number of hydrogen-bond acceptors (Lipinski definition) is 3. The zero-order valence-electron chi connectivity index (χ0n) is 12.7. The lowest BCUT2D eigenvalue weighted by Crippen LogP contribution is -2.61. The highest BCUT2D eigenvalue weighted by atomic mass is 79.9. The summed E-state index contributed by atoms with van der Waals surface area (Å²) in [5, 5.41) is 0. The molecule has 1 unspecified atom stereocenters. The van der Waals surface area contributed by atoms with E-state index in [0.29, 0.717) is 6.42 Å². The van der Waals surface area contributed by atoms with E-state index in [0.717, 1.165) is 22.9 Å². The van der Waals surface area contributed by atoms with Gasteiger partial charge in [0.1, 0.15) is 5.82 Å². The fraction of sp³-hybridized carbons (Fsp3) is 0.600. The van der Waals surface area contributed by atoms with Crippen molar-refractivity contribution in [2.45, 2.75) is 44.7 Å². The van der Waals surface area contributed by atoms with Crippen LogP contribution in [-0.4, -0.2) is 30.6 Å². The Morgan fingerprint density at radius 1 is 1.30 bits per heavy atom. The topological polar surface area (TPSA) is 41.3 Å². The lowest BCUT2D eigenvalue weighted by molar-refractivity contribution is 0.0882. The number of rotatable bonds is 7. The minimum absolute atomic E-state index is 0.0481. The van der Waals surface area contributed by atoms with E-state index in [9.17, 15) is 4.39 Å². The summed E-state index contributed by atoms with van der Waals surface area (Å²) in [7, 11) is 4.14. The maximum atomic E-state index is 13.5. The molecular formula is C15H25BrFN3. The van der Waals surface area contributed by atoms with Crippen LogP contribution in [0, 0.1) is 5.82 Å². The molecule has 0 aromatic heterocycles. The van der Waals surface area contributed by atoms with Crippen molar-refractivity contribution in [3.8, 4) is 0 Å². The number of nitrogens with zero attached hydrogens (tertiary/aromatic N) is 1. The molecule has 0 amide bonds. The van der Waals surface area contributed by atoms with Gasteiger partial charge in [0.15, 0.2) is 0 Å². The molecule has 1 aromatic rings. The predicted molar refractivity (Wildman–Crippen MR) is 85.9 cm³/mol. The summed E-state index contributed by atoms with van der Waals surface area (Å²) < 4.78 is 14.3. The van der Waals surface area contributed by atoms with Crippen molar-refractivity contribution < 1.29 is 4.39 Å². The number of hydrazine groups is 1. The van der Waals surface area contributed by atoms with Crippen LogP contribution in [-0.2, 0) is 6.42 Å². The van der Waals surface area contributed by atoms with E-state index in [1.807, 2.05) is 6.07 Å². The van der Waals surface area contributed by atoms with Gasteiger partial charge in [0.05, 0.1) is 0 Å². The summed E-state index contributed by atoms with van der Waals surface area (Å²) in [5.74, 6) is 5.56. The molecule has 0 fully saturated rings. The van der Waals surface area contributed by atoms with Crippen LogP contribution in [0.1, 0.15) is 32.3 Å². The van der Waals surface area contributed by atoms with Crippen molar-refractivity contribution >= 4 is 15.9 Å². The molecule has 0 saturated carbocycles. The maximum absolute atomic E-state index is 13.5. The molecule has 1 atom stereocenters. The van der Waals surface area contributed by atoms with Crippen molar-refractivity contribution in [1.29, 1.82) is 0 Å². The van der Waals surface area contributed by atoms with E-state index in [1.165, 1.54) is 6.07 Å². The molecule has 0 spiro atoms. The molecule has 1 rings (SSSR count). The molecular weight excluding hydrogens is 321 g/mol. The highest BCUT2D eigenvalue weighted by molar-refractivity contribution is 9.10. The molecule has 0 saturated heterocycles. The first-order chi connectivity index (χ1) is 9.39. The van der Waals surface area contributed by atoms with Gasteiger partial charge >= 0.3 is 0 Å². The predicted octanol–water partition coefficient (Wildman–Crippen LogP) is 3.08. The van der Waals surface area contributed by atoms with Gasteiger partial charge in [-0.15, -0.1) is 0 Å². The molecule has 0 aliphatic carbocycles. The van der Waals surface area contributed by atoms with Gasteiger partial charge in [0.2, 0.25) is 0 Å². The summed E-state index contributed by atoms with van der Waals surface area (Å²) in [6, 6.07) is 5.04. The number of benzene rings is 1. The Balaban J connectivity index is 3.06. The SMILES string of the molecule is CCC(CC)(C(Cc1cc(F)cc(Br)c1)NN)N(C)C. The highest BCUT2D eigenvalue weighted by Gasteiger charge is 2.37. The number of halogens is 2. The Hall–Kier alpha value is -0.490. The van der Waals surface area contributed by atoms with E-state index in [2.05, 4.69) is 54.2 Å². The Morgan fingerprint density at radius 3 is 2.30 bits per heavy atom. The summed E-state index contributed by atoms with van der Waals surface area (Å²) >= 11 is 3.34. The van der Waals surface area contributed by atoms with Gasteiger partial charge in [-0.3, -0.25) is 11.3 Å². The van der Waals surface area contributed by atoms with Crippen molar-refractivity contribution in [2.24, 2.45) is 5.84 Å². The largest absolute Gasteiger partial charge is 0.302 e. The standard InChI is InChI=1S/C15H25BrFN3/c1-5-15(6-2,20(3)4)14(19-18)9-11-7-12(16)10-13(17)8-11/h7-8,10,14,19H,5-6,9,18H2,1-4H3. The minimum Gasteiger partial charge on any atom is -0.302 e. The number of nitrogens with two attached hydrogens (primary N) is 1. The molecule has 114 valence electrons. The van der Waals surface area contributed by atoms with Crippen molar-refractivity contribution in [1.82, 2.24) is 10.3 Å². The molecule has 5 heteroatoms. The second-order valence-corrected chi connectivity index (χ2v) is 6.32. The van der Waals surface area contributed by atoms with E-state index in [-0.39, 0.29) is 17.4 Å². The maximum Gasteiger partial charge on any atom is 0.124 e. The molecule has 3 nitrogen and oxygen atoms in total. The van der Waals surface area contributed by atoms with Gasteiger partial charge in [-0.1, -0.05) is 29.8 Å². The third-order valence-electron chi connectivity index (χ3n) is 4.33. The lowest BCUT2D eigenvalue weighted by atomic mass is 9.80. The fourth-order valence-electron chi connectivity index (χ4n) is 3.06. The van der Waals surface area contributed by atoms with Crippen molar-refractivity contribution in [3.63, 3.8) is 0 Å². The summed E-state index contributed by atoms with van der Waals surface area (Å²) in [6.07, 6.45) is 2.64. The fourth-order valence-corrected chi connectivity index (χ4v) is 3.57. The first kappa shape index (κ1) is 17.6. The summed E-state index contributed by atoms with van der Waals surface area (Å²) in [5.41, 5.74) is 3.82. The molecule has 0 heterocycles. The number of nitrogens with one attached hydrogen (secondary N) is 1. The normalized spacial score (nSPS) is 13.8. The summed E-state index contributed by atoms with van der Waals surface area (Å²) in [4.78, 5) is 2.21. The molecule has 1 aromatic carbocycles. The quantitative estimate of drug-likeness (QED) is 0.589. The van der Waals surface area contributed by atoms with Gasteiger partial charge in [0.25, 0.3) is 0 Å². The first-order valence-corrected chi connectivity index (χ1v) is 7.77. The van der Waals surface area contributed by atoms with Crippen LogP contribution in [0.4, 0.5) is 4.39 Å². The molecule has 20 heavy (non-hydrogen) atoms. The van der Waals surface area contributed by atoms with Crippen LogP contribution in [0.5, 0.6) is 0 Å². The molecule has 0 aliphatic heterocycles. The smallest absolute Gasteiger partial charge is 0.124 e. The van der Waals surface area contributed by atoms with Crippen molar-refractivity contribution in [2.75, 3.05) is 14.1 Å². The molecule has 3 N–H and O–H groups in total. The van der Waals surface area contributed by atoms with Crippen LogP contribution in [0.3, 0.4) is 0 Å². The minimum atomic E-state index is -0.228. The average Bonchev–Trinajstić information content (AvgIpc) is 2.37. The van der Waals surface area contributed by atoms with Crippen LogP contribution < -0.4 is 11.3 Å². The van der Waals surface area contributed by atoms with Crippen LogP contribution in [0.25, 0.3) is 0 Å². The van der Waals surface area contributed by atoms with Gasteiger partial charge in [0, 0.05) is 16.1 Å². The average molecular weight is 346 g/mol. The Morgan fingerprint density at radius 2 is 1.90 bits per heavy atom. The molecule has 0 radical (unpaired) electrons. The van der Waals surface area contributed by atoms with E-state index >= 15 is 0 Å². The number of likely N-dealkylation sites (N-methyl/N-ethyl adjacent to an activating group) is 1. The zero-order chi connectivity index (χ0) is 15.3. The summed E-state index contributed by atoms with van der Waals surface area (Å²) in [6.45, 7) is 4.32.